The van der Waals surface area contributed by atoms with Gasteiger partial charge in [-0.1, -0.05) is 12.1 Å². The molecule has 1 fully saturated rings. The van der Waals surface area contributed by atoms with Crippen molar-refractivity contribution in [2.24, 2.45) is 0 Å². The maximum Gasteiger partial charge on any atom is 0.387 e. The molecule has 0 aliphatic carbocycles. The van der Waals surface area contributed by atoms with Gasteiger partial charge in [-0.25, -0.2) is 0 Å². The van der Waals surface area contributed by atoms with Crippen LogP contribution in [0.25, 0.3) is 0 Å². The quantitative estimate of drug-likeness (QED) is 0.632. The summed E-state index contributed by atoms with van der Waals surface area (Å²) in [6, 6.07) is 11.3. The van der Waals surface area contributed by atoms with E-state index in [9.17, 15) is 18.4 Å². The summed E-state index contributed by atoms with van der Waals surface area (Å²) in [6.45, 7) is -2.10. The van der Waals surface area contributed by atoms with Gasteiger partial charge in [0.05, 0.1) is 7.11 Å². The summed E-state index contributed by atoms with van der Waals surface area (Å²) in [4.78, 5) is 24.6. The number of anilines is 1. The molecule has 0 aromatic heterocycles. The largest absolute Gasteiger partial charge is 0.493 e. The molecule has 31 heavy (non-hydrogen) atoms. The molecule has 1 unspecified atom stereocenters. The second-order valence-electron chi connectivity index (χ2n) is 6.94. The molecule has 0 saturated carbocycles. The number of hydrogen-bond donors (Lipinski definition) is 2. The average molecular weight is 434 g/mol. The second-order valence-corrected chi connectivity index (χ2v) is 6.94. The number of benzene rings is 2. The molecule has 1 heterocycles. The van der Waals surface area contributed by atoms with Crippen molar-refractivity contribution < 1.29 is 32.6 Å². The highest BCUT2D eigenvalue weighted by Gasteiger charge is 2.23. The van der Waals surface area contributed by atoms with Gasteiger partial charge in [0, 0.05) is 24.4 Å². The van der Waals surface area contributed by atoms with Crippen molar-refractivity contribution >= 4 is 17.5 Å². The maximum absolute atomic E-state index is 12.5. The lowest BCUT2D eigenvalue weighted by molar-refractivity contribution is -0.124. The standard InChI is InChI=1S/C22H24F2N2O5/c1-29-17-8-7-14(12-19(17)31-22(23)24)9-10-25-20(27)15-4-2-5-16(13-15)26-21(28)18-6-3-11-30-18/h2,4-5,7-8,12-13,18,22H,3,6,9-11H2,1H3,(H,25,27)(H,26,28). The van der Waals surface area contributed by atoms with Gasteiger partial charge in [0.15, 0.2) is 11.5 Å². The number of nitrogens with one attached hydrogen (secondary N) is 2. The molecule has 7 nitrogen and oxygen atoms in total. The van der Waals surface area contributed by atoms with Crippen LogP contribution < -0.4 is 20.1 Å². The summed E-state index contributed by atoms with van der Waals surface area (Å²) in [5.74, 6) is -0.395. The molecule has 0 bridgehead atoms. The minimum absolute atomic E-state index is 0.0592. The van der Waals surface area contributed by atoms with Crippen LogP contribution in [-0.2, 0) is 16.0 Å². The molecule has 1 aliphatic heterocycles. The SMILES string of the molecule is COc1ccc(CCNC(=O)c2cccc(NC(=O)C3CCCO3)c2)cc1OC(F)F. The van der Waals surface area contributed by atoms with Crippen molar-refractivity contribution in [3.05, 3.63) is 53.6 Å². The monoisotopic (exact) mass is 434 g/mol. The molecule has 2 amide bonds. The predicted molar refractivity (Wildman–Crippen MR) is 110 cm³/mol. The van der Waals surface area contributed by atoms with E-state index in [0.717, 1.165) is 6.42 Å². The molecule has 9 heteroatoms. The van der Waals surface area contributed by atoms with E-state index in [4.69, 9.17) is 9.47 Å². The molecule has 1 saturated heterocycles. The minimum atomic E-state index is -2.96. The third-order valence-electron chi connectivity index (χ3n) is 4.76. The first-order valence-corrected chi connectivity index (χ1v) is 9.88. The van der Waals surface area contributed by atoms with Crippen LogP contribution >= 0.6 is 0 Å². The van der Waals surface area contributed by atoms with E-state index in [1.807, 2.05) is 0 Å². The summed E-state index contributed by atoms with van der Waals surface area (Å²) in [5.41, 5.74) is 1.60. The number of carbonyl (C=O) groups excluding carboxylic acids is 2. The summed E-state index contributed by atoms with van der Waals surface area (Å²) < 4.78 is 39.9. The summed E-state index contributed by atoms with van der Waals surface area (Å²) in [7, 11) is 1.37. The van der Waals surface area contributed by atoms with Gasteiger partial charge >= 0.3 is 6.61 Å². The highest BCUT2D eigenvalue weighted by atomic mass is 19.3. The third kappa shape index (κ3) is 6.39. The first-order chi connectivity index (χ1) is 15.0. The van der Waals surface area contributed by atoms with E-state index in [1.54, 1.807) is 30.3 Å². The molecular formula is C22H24F2N2O5. The van der Waals surface area contributed by atoms with Gasteiger partial charge in [-0.15, -0.1) is 0 Å². The number of carbonyl (C=O) groups is 2. The van der Waals surface area contributed by atoms with Crippen molar-refractivity contribution in [1.29, 1.82) is 0 Å². The zero-order valence-electron chi connectivity index (χ0n) is 17.0. The van der Waals surface area contributed by atoms with Crippen LogP contribution in [0, 0.1) is 0 Å². The topological polar surface area (TPSA) is 85.9 Å². The molecule has 3 rings (SSSR count). The van der Waals surface area contributed by atoms with E-state index in [1.165, 1.54) is 19.2 Å². The van der Waals surface area contributed by atoms with Crippen LogP contribution in [0.5, 0.6) is 11.5 Å². The Bertz CT molecular complexity index is 917. The number of rotatable bonds is 9. The molecule has 2 N–H and O–H groups in total. The van der Waals surface area contributed by atoms with Crippen LogP contribution in [0.4, 0.5) is 14.5 Å². The molecule has 2 aromatic carbocycles. The summed E-state index contributed by atoms with van der Waals surface area (Å²) in [5, 5.41) is 5.54. The van der Waals surface area contributed by atoms with Crippen LogP contribution in [0.2, 0.25) is 0 Å². The van der Waals surface area contributed by atoms with Gasteiger partial charge in [-0.05, 0) is 55.2 Å². The van der Waals surface area contributed by atoms with Gasteiger partial charge in [0.2, 0.25) is 0 Å². The van der Waals surface area contributed by atoms with Crippen molar-refractivity contribution in [2.45, 2.75) is 32.0 Å². The predicted octanol–water partition coefficient (Wildman–Crippen LogP) is 3.39. The van der Waals surface area contributed by atoms with E-state index < -0.39 is 12.7 Å². The third-order valence-corrected chi connectivity index (χ3v) is 4.76. The van der Waals surface area contributed by atoms with Crippen LogP contribution in [0.3, 0.4) is 0 Å². The number of methoxy groups -OCH3 is 1. The number of halogens is 2. The maximum atomic E-state index is 12.5. The van der Waals surface area contributed by atoms with Gasteiger partial charge < -0.3 is 24.8 Å². The van der Waals surface area contributed by atoms with Gasteiger partial charge in [0.25, 0.3) is 11.8 Å². The van der Waals surface area contributed by atoms with Crippen LogP contribution in [0.1, 0.15) is 28.8 Å². The van der Waals surface area contributed by atoms with Crippen molar-refractivity contribution in [3.63, 3.8) is 0 Å². The van der Waals surface area contributed by atoms with Gasteiger partial charge in [0.1, 0.15) is 6.10 Å². The lowest BCUT2D eigenvalue weighted by atomic mass is 10.1. The first-order valence-electron chi connectivity index (χ1n) is 9.88. The van der Waals surface area contributed by atoms with E-state index in [-0.39, 0.29) is 29.9 Å². The van der Waals surface area contributed by atoms with Crippen LogP contribution in [-0.4, -0.2) is 44.8 Å². The minimum Gasteiger partial charge on any atom is -0.493 e. The van der Waals surface area contributed by atoms with E-state index >= 15 is 0 Å². The fourth-order valence-electron chi connectivity index (χ4n) is 3.23. The van der Waals surface area contributed by atoms with Crippen molar-refractivity contribution in [2.75, 3.05) is 25.6 Å². The molecule has 1 aliphatic rings. The Hall–Kier alpha value is -3.20. The van der Waals surface area contributed by atoms with Gasteiger partial charge in [-0.3, -0.25) is 9.59 Å². The lowest BCUT2D eigenvalue weighted by Crippen LogP contribution is -2.28. The highest BCUT2D eigenvalue weighted by molar-refractivity contribution is 5.98. The Balaban J connectivity index is 1.54. The zero-order chi connectivity index (χ0) is 22.2. The fourth-order valence-corrected chi connectivity index (χ4v) is 3.23. The van der Waals surface area contributed by atoms with E-state index in [0.29, 0.717) is 36.3 Å². The fraction of sp³-hybridized carbons (Fsp3) is 0.364. The second kappa shape index (κ2) is 10.7. The molecule has 166 valence electrons. The Labute approximate surface area is 178 Å². The molecule has 0 radical (unpaired) electrons. The molecule has 2 aromatic rings. The number of hydrogen-bond acceptors (Lipinski definition) is 5. The normalized spacial score (nSPS) is 15.5. The molecular weight excluding hydrogens is 410 g/mol. The van der Waals surface area contributed by atoms with Crippen molar-refractivity contribution in [1.82, 2.24) is 5.32 Å². The number of alkyl halides is 2. The summed E-state index contributed by atoms with van der Waals surface area (Å²) in [6.07, 6.45) is 1.48. The smallest absolute Gasteiger partial charge is 0.387 e. The highest BCUT2D eigenvalue weighted by Crippen LogP contribution is 2.29. The lowest BCUT2D eigenvalue weighted by Gasteiger charge is -2.12. The van der Waals surface area contributed by atoms with Crippen molar-refractivity contribution in [3.8, 4) is 11.5 Å². The zero-order valence-corrected chi connectivity index (χ0v) is 17.0. The molecule has 0 spiro atoms. The van der Waals surface area contributed by atoms with Gasteiger partial charge in [-0.2, -0.15) is 8.78 Å². The van der Waals surface area contributed by atoms with E-state index in [2.05, 4.69) is 15.4 Å². The number of ether oxygens (including phenoxy) is 3. The Kier molecular flexibility index (Phi) is 7.77. The summed E-state index contributed by atoms with van der Waals surface area (Å²) >= 11 is 0. The Morgan fingerprint density at radius 2 is 2.03 bits per heavy atom. The number of amides is 2. The van der Waals surface area contributed by atoms with Crippen LogP contribution in [0.15, 0.2) is 42.5 Å². The Morgan fingerprint density at radius 1 is 1.19 bits per heavy atom. The Morgan fingerprint density at radius 3 is 2.74 bits per heavy atom. The first kappa shape index (κ1) is 22.5. The average Bonchev–Trinajstić information content (AvgIpc) is 3.29. The molecule has 1 atom stereocenters.